The van der Waals surface area contributed by atoms with Crippen LogP contribution in [0.1, 0.15) is 12.1 Å². The molecule has 0 aliphatic carbocycles. The minimum atomic E-state index is -1.13. The van der Waals surface area contributed by atoms with E-state index in [9.17, 15) is 15.3 Å². The van der Waals surface area contributed by atoms with Gasteiger partial charge in [0.25, 0.3) is 0 Å². The maximum atomic E-state index is 11.7. The molecule has 4 heterocycles. The molecule has 3 N–H and O–H groups in total. The Morgan fingerprint density at radius 2 is 1.55 bits per heavy atom. The van der Waals surface area contributed by atoms with Gasteiger partial charge in [0.15, 0.2) is 0 Å². The van der Waals surface area contributed by atoms with Crippen LogP contribution in [0, 0.1) is 0 Å². The van der Waals surface area contributed by atoms with Gasteiger partial charge in [0.05, 0.1) is 50.5 Å². The molecule has 11 nitrogen and oxygen atoms in total. The first-order valence-corrected chi connectivity index (χ1v) is 16.4. The Hall–Kier alpha value is -3.65. The maximum Gasteiger partial charge on any atom is 0.113 e. The number of hydrogen-bond donors (Lipinski definition) is 4. The van der Waals surface area contributed by atoms with Crippen molar-refractivity contribution in [1.29, 1.82) is 0 Å². The number of aliphatic hydroxyl groups excluding tert-OH is 3. The molecular weight excluding hydrogens is 580 g/mol. The minimum Gasteiger partial charge on any atom is -0.395 e. The quantitative estimate of drug-likeness (QED) is 0.203. The summed E-state index contributed by atoms with van der Waals surface area (Å²) in [5.74, 6) is 0.550. The van der Waals surface area contributed by atoms with Crippen LogP contribution in [0.2, 0.25) is 0 Å². The lowest BCUT2D eigenvalue weighted by Crippen LogP contribution is -2.55. The van der Waals surface area contributed by atoms with E-state index in [1.165, 1.54) is 0 Å². The van der Waals surface area contributed by atoms with Crippen molar-refractivity contribution in [3.8, 4) is 22.5 Å². The Labute approximate surface area is 257 Å². The number of rotatable bonds is 7. The van der Waals surface area contributed by atoms with Gasteiger partial charge < -0.3 is 24.8 Å². The van der Waals surface area contributed by atoms with E-state index in [1.54, 1.807) is 16.5 Å². The average Bonchev–Trinajstić information content (AvgIpc) is 3.76. The number of methoxy groups -OCH3 is 1. The molecule has 8 atom stereocenters. The van der Waals surface area contributed by atoms with Crippen LogP contribution >= 0.6 is 10.9 Å². The van der Waals surface area contributed by atoms with Crippen molar-refractivity contribution in [1.82, 2.24) is 30.0 Å². The molecule has 2 aromatic heterocycles. The molecule has 1 unspecified atom stereocenters. The van der Waals surface area contributed by atoms with Crippen molar-refractivity contribution >= 4 is 21.7 Å². The number of ether oxygens (including phenoxy) is 2. The van der Waals surface area contributed by atoms with E-state index in [-0.39, 0.29) is 18.5 Å². The van der Waals surface area contributed by atoms with Crippen LogP contribution in [0.3, 0.4) is 0 Å². The van der Waals surface area contributed by atoms with E-state index in [2.05, 4.69) is 44.9 Å². The second-order valence-corrected chi connectivity index (χ2v) is 14.2. The Kier molecular flexibility index (Phi) is 8.19. The second-order valence-electron chi connectivity index (χ2n) is 11.5. The monoisotopic (exact) mass is 616 g/mol. The summed E-state index contributed by atoms with van der Waals surface area (Å²) in [5.41, 5.74) is 3.26. The van der Waals surface area contributed by atoms with Crippen LogP contribution in [-0.2, 0) is 9.47 Å². The third kappa shape index (κ3) is 5.31. The molecule has 0 amide bonds. The molecular formula is C32H36N6O5S. The zero-order chi connectivity index (χ0) is 30.2. The minimum absolute atomic E-state index is 0.235. The Balaban J connectivity index is 1.12. The number of benzene rings is 3. The van der Waals surface area contributed by atoms with E-state index in [0.717, 1.165) is 21.9 Å². The zero-order valence-electron chi connectivity index (χ0n) is 24.2. The van der Waals surface area contributed by atoms with Crippen molar-refractivity contribution in [3.05, 3.63) is 85.2 Å². The molecule has 230 valence electrons. The normalized spacial score (nSPS) is 30.0. The van der Waals surface area contributed by atoms with Crippen LogP contribution in [0.4, 0.5) is 0 Å². The third-order valence-electron chi connectivity index (χ3n) is 9.00. The highest BCUT2D eigenvalue weighted by Crippen LogP contribution is 2.51. The van der Waals surface area contributed by atoms with E-state index >= 15 is 0 Å². The lowest BCUT2D eigenvalue weighted by Gasteiger charge is -2.51. The molecule has 7 rings (SSSR count). The molecule has 12 heteroatoms. The van der Waals surface area contributed by atoms with Gasteiger partial charge in [-0.2, -0.15) is 0 Å². The van der Waals surface area contributed by atoms with Gasteiger partial charge in [-0.15, -0.1) is 10.2 Å². The first-order chi connectivity index (χ1) is 21.6. The summed E-state index contributed by atoms with van der Waals surface area (Å²) in [6.07, 6.45) is 1.47. The summed E-state index contributed by atoms with van der Waals surface area (Å²) in [4.78, 5) is 0. The molecule has 0 saturated carbocycles. The zero-order valence-corrected chi connectivity index (χ0v) is 25.1. The van der Waals surface area contributed by atoms with Gasteiger partial charge in [-0.25, -0.2) is 20.3 Å². The predicted molar refractivity (Wildman–Crippen MR) is 169 cm³/mol. The van der Waals surface area contributed by atoms with Crippen molar-refractivity contribution < 1.29 is 24.8 Å². The van der Waals surface area contributed by atoms with Crippen molar-refractivity contribution in [2.24, 2.45) is 0 Å². The van der Waals surface area contributed by atoms with Gasteiger partial charge in [0, 0.05) is 34.5 Å². The molecule has 2 fully saturated rings. The molecule has 2 aliphatic rings. The molecule has 3 aromatic carbocycles. The first-order valence-electron chi connectivity index (χ1n) is 14.8. The lowest BCUT2D eigenvalue weighted by molar-refractivity contribution is -0.0339. The second kappa shape index (κ2) is 12.4. The number of fused-ring (bicyclic) bond motifs is 1. The first kappa shape index (κ1) is 29.1. The maximum absolute atomic E-state index is 11.7. The van der Waals surface area contributed by atoms with Crippen LogP contribution in [0.5, 0.6) is 0 Å². The molecule has 0 bridgehead atoms. The summed E-state index contributed by atoms with van der Waals surface area (Å²) in [6, 6.07) is 23.0. The lowest BCUT2D eigenvalue weighted by atomic mass is 10.0. The van der Waals surface area contributed by atoms with Gasteiger partial charge in [0.1, 0.15) is 23.5 Å². The van der Waals surface area contributed by atoms with Gasteiger partial charge in [-0.3, -0.25) is 0 Å². The average molecular weight is 617 g/mol. The van der Waals surface area contributed by atoms with E-state index < -0.39 is 46.5 Å². The highest BCUT2D eigenvalue weighted by molar-refractivity contribution is 8.18. The predicted octanol–water partition coefficient (Wildman–Crippen LogP) is 2.65. The summed E-state index contributed by atoms with van der Waals surface area (Å²) in [5, 5.41) is 52.9. The summed E-state index contributed by atoms with van der Waals surface area (Å²) < 4.78 is 15.3. The molecule has 2 aliphatic heterocycles. The van der Waals surface area contributed by atoms with E-state index in [0.29, 0.717) is 23.7 Å². The fraction of sp³-hybridized carbons (Fsp3) is 0.375. The van der Waals surface area contributed by atoms with Crippen molar-refractivity contribution in [2.45, 2.75) is 40.9 Å². The number of nitrogens with zero attached hydrogens (tertiary/aromatic N) is 6. The molecule has 44 heavy (non-hydrogen) atoms. The smallest absolute Gasteiger partial charge is 0.113 e. The number of aliphatic hydroxyl groups is 3. The van der Waals surface area contributed by atoms with Gasteiger partial charge >= 0.3 is 0 Å². The van der Waals surface area contributed by atoms with Crippen LogP contribution in [0.25, 0.3) is 33.3 Å². The number of thiol groups is 1. The molecule has 0 spiro atoms. The fourth-order valence-electron chi connectivity index (χ4n) is 6.60. The molecule has 0 radical (unpaired) electrons. The highest BCUT2D eigenvalue weighted by atomic mass is 32.2. The van der Waals surface area contributed by atoms with Gasteiger partial charge in [-0.05, 0) is 16.8 Å². The van der Waals surface area contributed by atoms with E-state index in [4.69, 9.17) is 9.47 Å². The third-order valence-corrected chi connectivity index (χ3v) is 12.4. The summed E-state index contributed by atoms with van der Waals surface area (Å²) in [7, 11) is 0.492. The van der Waals surface area contributed by atoms with Crippen LogP contribution < -0.4 is 0 Å². The topological polar surface area (TPSA) is 141 Å². The molecule has 2 saturated heterocycles. The van der Waals surface area contributed by atoms with Crippen LogP contribution in [0.15, 0.2) is 85.2 Å². The van der Waals surface area contributed by atoms with Crippen molar-refractivity contribution in [2.75, 3.05) is 32.7 Å². The van der Waals surface area contributed by atoms with Gasteiger partial charge in [-0.1, -0.05) is 77.2 Å². The standard InChI is InChI=1S/C32H36N6O5S/c1-42-27-19-44(29-18-43-17-26(31(29)40)37-14-24(33-35-37)21-8-3-2-4-9-21)28(16-39)32(41)30(27)38-15-25(34-36-38)23-12-11-20-7-5-6-10-22(20)13-23/h2-15,26-32,39-41,44H,16-19H2,1H3/t26-,27-,28+,29+,30+,31+,32-/m0/s1. The van der Waals surface area contributed by atoms with Crippen molar-refractivity contribution in [3.63, 3.8) is 0 Å². The summed E-state index contributed by atoms with van der Waals surface area (Å²) in [6.45, 7) is 0.377. The summed E-state index contributed by atoms with van der Waals surface area (Å²) >= 11 is 0. The Bertz CT molecular complexity index is 1720. The van der Waals surface area contributed by atoms with Gasteiger partial charge in [0.2, 0.25) is 0 Å². The van der Waals surface area contributed by atoms with E-state index in [1.807, 2.05) is 60.9 Å². The fourth-order valence-corrected chi connectivity index (χ4v) is 10.1. The molecule has 5 aromatic rings. The number of hydrogen-bond acceptors (Lipinski definition) is 9. The highest BCUT2D eigenvalue weighted by Gasteiger charge is 2.49. The SMILES string of the molecule is CO[C@H]1C[SH]([C@@H]2COC[C@H](n3cc(-c4ccccc4)nn3)[C@H]2O)[C@H](CO)[C@H](O)[C@@H]1n1cc(-c2ccc3ccccc3c2)nn1. The number of aromatic nitrogens is 6. The Morgan fingerprint density at radius 3 is 2.32 bits per heavy atom. The Morgan fingerprint density at radius 1 is 0.841 bits per heavy atom. The van der Waals surface area contributed by atoms with Crippen LogP contribution in [-0.4, -0.2) is 107 Å². The largest absolute Gasteiger partial charge is 0.395 e.